The number of nitrogen functional groups attached to an aromatic ring is 1. The molecule has 2 amide bonds. The quantitative estimate of drug-likeness (QED) is 0.128. The number of carboxylic acid groups (broad SMARTS) is 1. The molecule has 10 N–H and O–H groups in total. The second-order valence-corrected chi connectivity index (χ2v) is 9.32. The Bertz CT molecular complexity index is 1390. The predicted molar refractivity (Wildman–Crippen MR) is 137 cm³/mol. The lowest BCUT2D eigenvalue weighted by molar-refractivity contribution is -0.137. The van der Waals surface area contributed by atoms with Gasteiger partial charge in [0.2, 0.25) is 0 Å². The van der Waals surface area contributed by atoms with Crippen molar-refractivity contribution in [3.05, 3.63) is 78.4 Å². The summed E-state index contributed by atoms with van der Waals surface area (Å²) in [6.07, 6.45) is -0.439. The van der Waals surface area contributed by atoms with Gasteiger partial charge in [0.25, 0.3) is 10.0 Å². The van der Waals surface area contributed by atoms with E-state index in [-0.39, 0.29) is 22.2 Å². The van der Waals surface area contributed by atoms with Gasteiger partial charge in [0.05, 0.1) is 23.0 Å². The molecule has 0 bridgehead atoms. The average Bonchev–Trinajstić information content (AvgIpc) is 2.79. The number of urea groups is 1. The molecule has 0 saturated carbocycles. The molecule has 3 aromatic carbocycles. The molecule has 0 spiro atoms. The van der Waals surface area contributed by atoms with Crippen molar-refractivity contribution in [3.63, 3.8) is 0 Å². The summed E-state index contributed by atoms with van der Waals surface area (Å²) < 4.78 is 28.2. The lowest BCUT2D eigenvalue weighted by Gasteiger charge is -2.19. The number of sulfonamides is 1. The van der Waals surface area contributed by atoms with Crippen molar-refractivity contribution in [2.24, 2.45) is 16.5 Å². The van der Waals surface area contributed by atoms with Gasteiger partial charge in [-0.05, 0) is 60.2 Å². The Morgan fingerprint density at radius 2 is 1.64 bits per heavy atom. The fraction of sp³-hybridized carbons (Fsp3) is 0.0870. The van der Waals surface area contributed by atoms with Crippen LogP contribution >= 0.6 is 0 Å². The molecule has 12 nitrogen and oxygen atoms in total. The number of anilines is 3. The van der Waals surface area contributed by atoms with Crippen LogP contribution < -0.4 is 32.6 Å². The number of aliphatic carboxylic acids is 1. The van der Waals surface area contributed by atoms with Gasteiger partial charge < -0.3 is 32.9 Å². The summed E-state index contributed by atoms with van der Waals surface area (Å²) in [4.78, 5) is 27.7. The second kappa shape index (κ2) is 11.1. The third-order valence-corrected chi connectivity index (χ3v) is 6.16. The van der Waals surface area contributed by atoms with E-state index in [2.05, 4.69) is 20.3 Å². The van der Waals surface area contributed by atoms with Crippen molar-refractivity contribution in [3.8, 4) is 0 Å². The van der Waals surface area contributed by atoms with Crippen LogP contribution in [0.4, 0.5) is 27.5 Å². The maximum absolute atomic E-state index is 12.9. The fourth-order valence-corrected chi connectivity index (χ4v) is 4.31. The number of nitrogens with zero attached hydrogens (tertiary/aromatic N) is 1. The number of carbonyl (C=O) groups excluding carboxylic acids is 1. The van der Waals surface area contributed by atoms with Crippen LogP contribution in [0.5, 0.6) is 0 Å². The van der Waals surface area contributed by atoms with E-state index in [4.69, 9.17) is 17.2 Å². The van der Waals surface area contributed by atoms with Crippen molar-refractivity contribution in [1.82, 2.24) is 5.32 Å². The Labute approximate surface area is 207 Å². The number of hydrogen-bond donors (Lipinski definition) is 7. The highest BCUT2D eigenvalue weighted by Gasteiger charge is 2.20. The molecule has 0 heterocycles. The van der Waals surface area contributed by atoms with Crippen molar-refractivity contribution in [1.29, 1.82) is 0 Å². The van der Waals surface area contributed by atoms with Crippen molar-refractivity contribution >= 4 is 50.7 Å². The zero-order chi connectivity index (χ0) is 26.3. The molecule has 188 valence electrons. The van der Waals surface area contributed by atoms with Gasteiger partial charge in [0, 0.05) is 17.1 Å². The van der Waals surface area contributed by atoms with E-state index in [9.17, 15) is 23.1 Å². The Balaban J connectivity index is 1.80. The molecule has 1 unspecified atom stereocenters. The molecule has 0 aromatic heterocycles. The van der Waals surface area contributed by atoms with Crippen LogP contribution in [0.2, 0.25) is 0 Å². The molecule has 0 aliphatic heterocycles. The molecule has 0 radical (unpaired) electrons. The standard InChI is InChI=1S/C23H25N7O5S/c24-15-7-9-16(10-8-15)28-23(33)29-20(13-21(31)32)14-3-1-5-18(11-14)30-36(34,35)19-6-2-4-17(12-19)27-22(25)26/h1-12,20,30H,13,24H2,(H,31,32)(H4,25,26,27)(H2,28,29,33). The van der Waals surface area contributed by atoms with E-state index >= 15 is 0 Å². The van der Waals surface area contributed by atoms with Gasteiger partial charge in [-0.25, -0.2) is 18.2 Å². The van der Waals surface area contributed by atoms with E-state index in [1.54, 1.807) is 30.3 Å². The summed E-state index contributed by atoms with van der Waals surface area (Å²) >= 11 is 0. The highest BCUT2D eigenvalue weighted by atomic mass is 32.2. The lowest BCUT2D eigenvalue weighted by Crippen LogP contribution is -2.33. The normalized spacial score (nSPS) is 11.7. The Hall–Kier alpha value is -4.78. The van der Waals surface area contributed by atoms with Crippen molar-refractivity contribution < 1.29 is 23.1 Å². The number of benzene rings is 3. The Kier molecular flexibility index (Phi) is 7.96. The first-order valence-corrected chi connectivity index (χ1v) is 12.0. The molecular formula is C23H25N7O5S. The van der Waals surface area contributed by atoms with E-state index < -0.39 is 34.5 Å². The average molecular weight is 512 g/mol. The predicted octanol–water partition coefficient (Wildman–Crippen LogP) is 2.31. The highest BCUT2D eigenvalue weighted by molar-refractivity contribution is 7.92. The van der Waals surface area contributed by atoms with E-state index in [0.717, 1.165) is 0 Å². The number of aliphatic imine (C=N–C) groups is 1. The van der Waals surface area contributed by atoms with Gasteiger partial charge in [-0.15, -0.1) is 0 Å². The summed E-state index contributed by atoms with van der Waals surface area (Å²) in [6.45, 7) is 0. The van der Waals surface area contributed by atoms with Gasteiger partial charge in [-0.3, -0.25) is 9.52 Å². The molecule has 3 aromatic rings. The van der Waals surface area contributed by atoms with Gasteiger partial charge >= 0.3 is 12.0 Å². The van der Waals surface area contributed by atoms with Crippen LogP contribution in [0.3, 0.4) is 0 Å². The van der Waals surface area contributed by atoms with Crippen LogP contribution in [0.1, 0.15) is 18.0 Å². The lowest BCUT2D eigenvalue weighted by atomic mass is 10.0. The maximum atomic E-state index is 12.9. The molecule has 0 fully saturated rings. The maximum Gasteiger partial charge on any atom is 0.319 e. The molecular weight excluding hydrogens is 486 g/mol. The first kappa shape index (κ1) is 25.8. The number of amides is 2. The molecule has 36 heavy (non-hydrogen) atoms. The first-order valence-electron chi connectivity index (χ1n) is 10.5. The molecule has 0 aliphatic carbocycles. The van der Waals surface area contributed by atoms with Crippen LogP contribution in [0.25, 0.3) is 0 Å². The zero-order valence-electron chi connectivity index (χ0n) is 18.9. The Morgan fingerprint density at radius 3 is 2.31 bits per heavy atom. The minimum absolute atomic E-state index is 0.0847. The third kappa shape index (κ3) is 7.36. The number of hydrogen-bond acceptors (Lipinski definition) is 6. The summed E-state index contributed by atoms with van der Waals surface area (Å²) in [5.41, 5.74) is 18.1. The summed E-state index contributed by atoms with van der Waals surface area (Å²) in [5, 5.41) is 14.5. The van der Waals surface area contributed by atoms with Gasteiger partial charge in [-0.2, -0.15) is 0 Å². The van der Waals surface area contributed by atoms with Crippen LogP contribution in [0, 0.1) is 0 Å². The van der Waals surface area contributed by atoms with Gasteiger partial charge in [-0.1, -0.05) is 18.2 Å². The zero-order valence-corrected chi connectivity index (χ0v) is 19.7. The smallest absolute Gasteiger partial charge is 0.319 e. The largest absolute Gasteiger partial charge is 0.481 e. The molecule has 0 saturated heterocycles. The number of guanidine groups is 1. The van der Waals surface area contributed by atoms with Crippen molar-refractivity contribution in [2.75, 3.05) is 15.8 Å². The van der Waals surface area contributed by atoms with Crippen LogP contribution in [-0.4, -0.2) is 31.5 Å². The monoisotopic (exact) mass is 511 g/mol. The summed E-state index contributed by atoms with van der Waals surface area (Å²) in [5.74, 6) is -1.38. The molecule has 1 atom stereocenters. The Morgan fingerprint density at radius 1 is 0.944 bits per heavy atom. The SMILES string of the molecule is NC(N)=Nc1cccc(S(=O)(=O)Nc2cccc(C(CC(=O)O)NC(=O)Nc3ccc(N)cc3)c2)c1. The molecule has 3 rings (SSSR count). The van der Waals surface area contributed by atoms with Gasteiger partial charge in [0.15, 0.2) is 5.96 Å². The number of carboxylic acids is 1. The number of nitrogens with two attached hydrogens (primary N) is 3. The van der Waals surface area contributed by atoms with Crippen LogP contribution in [0.15, 0.2) is 82.7 Å². The second-order valence-electron chi connectivity index (χ2n) is 7.64. The minimum Gasteiger partial charge on any atom is -0.481 e. The van der Waals surface area contributed by atoms with Crippen LogP contribution in [-0.2, 0) is 14.8 Å². The van der Waals surface area contributed by atoms with Crippen molar-refractivity contribution in [2.45, 2.75) is 17.4 Å². The fourth-order valence-electron chi connectivity index (χ4n) is 3.22. The number of rotatable bonds is 9. The van der Waals surface area contributed by atoms with E-state index in [0.29, 0.717) is 16.9 Å². The van der Waals surface area contributed by atoms with Gasteiger partial charge in [0.1, 0.15) is 0 Å². The number of nitrogens with one attached hydrogen (secondary N) is 3. The van der Waals surface area contributed by atoms with E-state index in [1.165, 1.54) is 42.5 Å². The minimum atomic E-state index is -4.03. The first-order chi connectivity index (χ1) is 17.0. The summed E-state index contributed by atoms with van der Waals surface area (Å²) in [7, 11) is -4.03. The number of carbonyl (C=O) groups is 2. The third-order valence-electron chi connectivity index (χ3n) is 4.78. The van der Waals surface area contributed by atoms with E-state index in [1.807, 2.05) is 0 Å². The summed E-state index contributed by atoms with van der Waals surface area (Å²) in [6, 6.07) is 16.5. The highest BCUT2D eigenvalue weighted by Crippen LogP contribution is 2.25. The molecule has 13 heteroatoms. The molecule has 0 aliphatic rings. The topological polar surface area (TPSA) is 215 Å².